The number of hydrogen-bond acceptors (Lipinski definition) is 3. The average molecular weight is 308 g/mol. The molecule has 0 aliphatic rings. The summed E-state index contributed by atoms with van der Waals surface area (Å²) in [5.41, 5.74) is 10.7. The lowest BCUT2D eigenvalue weighted by atomic mass is 10.2. The molecule has 104 valence electrons. The van der Waals surface area contributed by atoms with Gasteiger partial charge in [0.25, 0.3) is 0 Å². The van der Waals surface area contributed by atoms with E-state index < -0.39 is 0 Å². The van der Waals surface area contributed by atoms with Crippen molar-refractivity contribution in [1.29, 1.82) is 0 Å². The molecule has 0 aliphatic heterocycles. The van der Waals surface area contributed by atoms with Crippen LogP contribution in [0.4, 0.5) is 0 Å². The van der Waals surface area contributed by atoms with Crippen LogP contribution in [0.1, 0.15) is 17.0 Å². The fourth-order valence-electron chi connectivity index (χ4n) is 1.69. The Labute approximate surface area is 127 Å². The number of benzene rings is 1. The Morgan fingerprint density at radius 1 is 1.50 bits per heavy atom. The Bertz CT molecular complexity index is 633. The van der Waals surface area contributed by atoms with Gasteiger partial charge in [-0.1, -0.05) is 23.7 Å². The van der Waals surface area contributed by atoms with Gasteiger partial charge in [-0.2, -0.15) is 5.10 Å². The van der Waals surface area contributed by atoms with Crippen molar-refractivity contribution >= 4 is 35.1 Å². The fourth-order valence-corrected chi connectivity index (χ4v) is 1.87. The van der Waals surface area contributed by atoms with Gasteiger partial charge in [0.2, 0.25) is 0 Å². The van der Waals surface area contributed by atoms with Crippen LogP contribution in [-0.4, -0.2) is 20.9 Å². The summed E-state index contributed by atoms with van der Waals surface area (Å²) in [5.74, 6) is 0. The van der Waals surface area contributed by atoms with Crippen LogP contribution < -0.4 is 11.2 Å². The quantitative estimate of drug-likeness (QED) is 0.515. The van der Waals surface area contributed by atoms with Crippen LogP contribution in [0.3, 0.4) is 0 Å². The van der Waals surface area contributed by atoms with E-state index in [0.29, 0.717) is 0 Å². The highest BCUT2D eigenvalue weighted by molar-refractivity contribution is 7.80. The number of halogens is 1. The van der Waals surface area contributed by atoms with Gasteiger partial charge in [0.15, 0.2) is 5.11 Å². The molecule has 3 N–H and O–H groups in total. The minimum Gasteiger partial charge on any atom is -0.375 e. The molecule has 0 saturated heterocycles. The number of hydrogen-bond donors (Lipinski definition) is 2. The smallest absolute Gasteiger partial charge is 0.184 e. The monoisotopic (exact) mass is 307 g/mol. The van der Waals surface area contributed by atoms with Crippen LogP contribution in [0.2, 0.25) is 5.02 Å². The number of thiocarbonyl (C=S) groups is 1. The van der Waals surface area contributed by atoms with Crippen LogP contribution >= 0.6 is 23.8 Å². The maximum atomic E-state index is 5.87. The molecule has 1 aromatic carbocycles. The molecular formula is C13H14ClN5S. The zero-order valence-corrected chi connectivity index (χ0v) is 12.4. The van der Waals surface area contributed by atoms with E-state index in [-0.39, 0.29) is 5.11 Å². The lowest BCUT2D eigenvalue weighted by molar-refractivity contribution is 0.770. The number of nitrogens with zero attached hydrogens (tertiary/aromatic N) is 3. The number of rotatable bonds is 4. The standard InChI is InChI=1S/C13H14ClN5S/c1-9-12(6-17-18-13(15)20)16-8-19(9)7-10-2-4-11(14)5-3-10/h2-6,8H,7H2,1H3,(H3,15,18,20)/b17-6+. The first-order valence-corrected chi connectivity index (χ1v) is 6.69. The average Bonchev–Trinajstić information content (AvgIpc) is 2.74. The van der Waals surface area contributed by atoms with Crippen LogP contribution in [0.15, 0.2) is 35.7 Å². The van der Waals surface area contributed by atoms with E-state index in [4.69, 9.17) is 17.3 Å². The van der Waals surface area contributed by atoms with E-state index >= 15 is 0 Å². The molecule has 2 aromatic rings. The molecule has 0 spiro atoms. The van der Waals surface area contributed by atoms with E-state index in [0.717, 1.165) is 28.5 Å². The van der Waals surface area contributed by atoms with Crippen LogP contribution in [0, 0.1) is 6.92 Å². The van der Waals surface area contributed by atoms with Crippen LogP contribution in [-0.2, 0) is 6.54 Å². The first kappa shape index (κ1) is 14.5. The van der Waals surface area contributed by atoms with Crippen molar-refractivity contribution in [3.05, 3.63) is 52.6 Å². The van der Waals surface area contributed by atoms with E-state index in [1.54, 1.807) is 12.5 Å². The normalized spacial score (nSPS) is 10.9. The van der Waals surface area contributed by atoms with Crippen molar-refractivity contribution < 1.29 is 0 Å². The first-order valence-electron chi connectivity index (χ1n) is 5.91. The van der Waals surface area contributed by atoms with Crippen molar-refractivity contribution in [1.82, 2.24) is 15.0 Å². The Hall–Kier alpha value is -1.92. The summed E-state index contributed by atoms with van der Waals surface area (Å²) < 4.78 is 2.03. The molecule has 1 aromatic heterocycles. The molecular weight excluding hydrogens is 294 g/mol. The van der Waals surface area contributed by atoms with Gasteiger partial charge in [-0.05, 0) is 36.8 Å². The first-order chi connectivity index (χ1) is 9.56. The zero-order chi connectivity index (χ0) is 14.5. The third-order valence-corrected chi connectivity index (χ3v) is 3.11. The second-order valence-corrected chi connectivity index (χ2v) is 5.08. The van der Waals surface area contributed by atoms with Gasteiger partial charge in [0.05, 0.1) is 12.5 Å². The molecule has 0 unspecified atom stereocenters. The topological polar surface area (TPSA) is 68.2 Å². The van der Waals surface area contributed by atoms with Gasteiger partial charge in [-0.25, -0.2) is 4.98 Å². The summed E-state index contributed by atoms with van der Waals surface area (Å²) in [6, 6.07) is 7.73. The van der Waals surface area contributed by atoms with E-state index in [2.05, 4.69) is 27.7 Å². The maximum Gasteiger partial charge on any atom is 0.184 e. The largest absolute Gasteiger partial charge is 0.375 e. The van der Waals surface area contributed by atoms with Crippen molar-refractivity contribution in [3.63, 3.8) is 0 Å². The summed E-state index contributed by atoms with van der Waals surface area (Å²) >= 11 is 10.5. The van der Waals surface area contributed by atoms with Gasteiger partial charge in [0.1, 0.15) is 5.69 Å². The number of imidazole rings is 1. The molecule has 0 bridgehead atoms. The zero-order valence-electron chi connectivity index (χ0n) is 10.9. The second kappa shape index (κ2) is 6.49. The van der Waals surface area contributed by atoms with E-state index in [1.165, 1.54) is 0 Å². The third kappa shape index (κ3) is 3.79. The van der Waals surface area contributed by atoms with Crippen LogP contribution in [0.25, 0.3) is 0 Å². The third-order valence-electron chi connectivity index (χ3n) is 2.77. The van der Waals surface area contributed by atoms with E-state index in [9.17, 15) is 0 Å². The lowest BCUT2D eigenvalue weighted by Gasteiger charge is -2.05. The molecule has 5 nitrogen and oxygen atoms in total. The Morgan fingerprint density at radius 3 is 2.85 bits per heavy atom. The molecule has 0 aliphatic carbocycles. The molecule has 0 radical (unpaired) electrons. The highest BCUT2D eigenvalue weighted by atomic mass is 35.5. The summed E-state index contributed by atoms with van der Waals surface area (Å²) in [6.45, 7) is 2.71. The van der Waals surface area contributed by atoms with Crippen molar-refractivity contribution in [2.24, 2.45) is 10.8 Å². The fraction of sp³-hybridized carbons (Fsp3) is 0.154. The summed E-state index contributed by atoms with van der Waals surface area (Å²) in [6.07, 6.45) is 3.36. The number of hydrazone groups is 1. The lowest BCUT2D eigenvalue weighted by Crippen LogP contribution is -2.24. The summed E-state index contributed by atoms with van der Waals surface area (Å²) in [5, 5.41) is 4.75. The SMILES string of the molecule is Cc1c(/C=N/NC(N)=S)ncn1Cc1ccc(Cl)cc1. The molecule has 1 heterocycles. The van der Waals surface area contributed by atoms with Crippen molar-refractivity contribution in [2.75, 3.05) is 0 Å². The number of aromatic nitrogens is 2. The number of nitrogens with one attached hydrogen (secondary N) is 1. The Kier molecular flexibility index (Phi) is 4.70. The van der Waals surface area contributed by atoms with Crippen LogP contribution in [0.5, 0.6) is 0 Å². The predicted molar refractivity (Wildman–Crippen MR) is 85.0 cm³/mol. The Morgan fingerprint density at radius 2 is 2.20 bits per heavy atom. The van der Waals surface area contributed by atoms with Gasteiger partial charge < -0.3 is 10.3 Å². The van der Waals surface area contributed by atoms with E-state index in [1.807, 2.05) is 35.8 Å². The van der Waals surface area contributed by atoms with Gasteiger partial charge in [-0.15, -0.1) is 0 Å². The second-order valence-electron chi connectivity index (χ2n) is 4.20. The Balaban J connectivity index is 2.10. The summed E-state index contributed by atoms with van der Waals surface area (Å²) in [7, 11) is 0. The van der Waals surface area contributed by atoms with Gasteiger partial charge in [-0.3, -0.25) is 5.43 Å². The molecule has 0 saturated carbocycles. The summed E-state index contributed by atoms with van der Waals surface area (Å²) in [4.78, 5) is 4.29. The predicted octanol–water partition coefficient (Wildman–Crippen LogP) is 2.06. The van der Waals surface area contributed by atoms with Crippen molar-refractivity contribution in [3.8, 4) is 0 Å². The molecule has 7 heteroatoms. The molecule has 0 atom stereocenters. The highest BCUT2D eigenvalue weighted by Gasteiger charge is 2.05. The molecule has 0 fully saturated rings. The maximum absolute atomic E-state index is 5.87. The highest BCUT2D eigenvalue weighted by Crippen LogP contribution is 2.12. The van der Waals surface area contributed by atoms with Gasteiger partial charge >= 0.3 is 0 Å². The van der Waals surface area contributed by atoms with Crippen molar-refractivity contribution in [2.45, 2.75) is 13.5 Å². The molecule has 0 amide bonds. The minimum atomic E-state index is 0.125. The molecule has 20 heavy (non-hydrogen) atoms. The van der Waals surface area contributed by atoms with Gasteiger partial charge in [0, 0.05) is 17.3 Å². The minimum absolute atomic E-state index is 0.125. The molecule has 2 rings (SSSR count). The number of nitrogens with two attached hydrogens (primary N) is 1.